The maximum Gasteiger partial charge on any atom is 0.0976 e. The Morgan fingerprint density at radius 1 is 1.40 bits per heavy atom. The lowest BCUT2D eigenvalue weighted by Crippen LogP contribution is -2.15. The summed E-state index contributed by atoms with van der Waals surface area (Å²) in [5.41, 5.74) is 1.47. The zero-order valence-electron chi connectivity index (χ0n) is 11.7. The van der Waals surface area contributed by atoms with Gasteiger partial charge in [0, 0.05) is 17.4 Å². The van der Waals surface area contributed by atoms with Crippen LogP contribution < -0.4 is 0 Å². The number of aromatic nitrogens is 1. The van der Waals surface area contributed by atoms with Gasteiger partial charge in [0.2, 0.25) is 0 Å². The molecule has 3 rings (SSSR count). The van der Waals surface area contributed by atoms with Gasteiger partial charge in [-0.15, -0.1) is 11.3 Å². The van der Waals surface area contributed by atoms with E-state index >= 15 is 0 Å². The molecule has 1 saturated carbocycles. The van der Waals surface area contributed by atoms with Crippen LogP contribution in [0.2, 0.25) is 5.02 Å². The maximum atomic E-state index is 10.3. The Morgan fingerprint density at radius 3 is 2.75 bits per heavy atom. The Bertz CT molecular complexity index is 626. The second-order valence-corrected chi connectivity index (χ2v) is 7.48. The van der Waals surface area contributed by atoms with Crippen molar-refractivity contribution in [2.45, 2.75) is 44.6 Å². The summed E-state index contributed by atoms with van der Waals surface area (Å²) in [6, 6.07) is 7.88. The fraction of sp³-hybridized carbons (Fsp3) is 0.438. The van der Waals surface area contributed by atoms with Gasteiger partial charge in [0.25, 0.3) is 0 Å². The van der Waals surface area contributed by atoms with Gasteiger partial charge in [-0.1, -0.05) is 23.7 Å². The molecule has 0 atom stereocenters. The van der Waals surface area contributed by atoms with E-state index in [1.165, 1.54) is 12.8 Å². The minimum absolute atomic E-state index is 0.556. The average Bonchev–Trinajstić information content (AvgIpc) is 3.10. The van der Waals surface area contributed by atoms with Crippen LogP contribution in [0.25, 0.3) is 0 Å². The molecule has 20 heavy (non-hydrogen) atoms. The van der Waals surface area contributed by atoms with Crippen LogP contribution in [0.4, 0.5) is 0 Å². The van der Waals surface area contributed by atoms with E-state index in [1.807, 2.05) is 32.0 Å². The Morgan fingerprint density at radius 2 is 2.15 bits per heavy atom. The van der Waals surface area contributed by atoms with Gasteiger partial charge in [0.15, 0.2) is 0 Å². The van der Waals surface area contributed by atoms with E-state index in [2.05, 4.69) is 6.07 Å². The second-order valence-electron chi connectivity index (χ2n) is 5.96. The minimum Gasteiger partial charge on any atom is -0.385 e. The summed E-state index contributed by atoms with van der Waals surface area (Å²) >= 11 is 7.65. The third-order valence-electron chi connectivity index (χ3n) is 3.46. The highest BCUT2D eigenvalue weighted by molar-refractivity contribution is 7.11. The smallest absolute Gasteiger partial charge is 0.0976 e. The summed E-state index contributed by atoms with van der Waals surface area (Å²) in [4.78, 5) is 5.80. The molecule has 0 unspecified atom stereocenters. The monoisotopic (exact) mass is 307 g/mol. The van der Waals surface area contributed by atoms with Crippen molar-refractivity contribution in [3.05, 3.63) is 50.4 Å². The van der Waals surface area contributed by atoms with Gasteiger partial charge in [-0.25, -0.2) is 4.98 Å². The van der Waals surface area contributed by atoms with Gasteiger partial charge in [-0.3, -0.25) is 0 Å². The molecular weight excluding hydrogens is 290 g/mol. The number of benzene rings is 1. The number of halogens is 1. The van der Waals surface area contributed by atoms with E-state index in [9.17, 15) is 5.11 Å². The number of hydrogen-bond acceptors (Lipinski definition) is 3. The first-order valence-corrected chi connectivity index (χ1v) is 8.10. The largest absolute Gasteiger partial charge is 0.385 e. The number of hydrogen-bond donors (Lipinski definition) is 1. The van der Waals surface area contributed by atoms with Crippen molar-refractivity contribution >= 4 is 22.9 Å². The fourth-order valence-electron chi connectivity index (χ4n) is 2.35. The molecular formula is C16H18ClNOS. The molecule has 1 heterocycles. The highest BCUT2D eigenvalue weighted by Gasteiger charge is 2.34. The summed E-state index contributed by atoms with van der Waals surface area (Å²) in [7, 11) is 0. The molecule has 0 aliphatic heterocycles. The average molecular weight is 308 g/mol. The predicted octanol–water partition coefficient (Wildman–Crippen LogP) is 4.49. The quantitative estimate of drug-likeness (QED) is 0.902. The van der Waals surface area contributed by atoms with Crippen molar-refractivity contribution in [2.24, 2.45) is 0 Å². The molecule has 0 saturated heterocycles. The van der Waals surface area contributed by atoms with Gasteiger partial charge in [-0.05, 0) is 44.4 Å². The summed E-state index contributed by atoms with van der Waals surface area (Å²) in [6.45, 7) is 3.69. The molecule has 106 valence electrons. The van der Waals surface area contributed by atoms with E-state index in [0.717, 1.165) is 32.6 Å². The van der Waals surface area contributed by atoms with Crippen molar-refractivity contribution in [1.82, 2.24) is 4.98 Å². The highest BCUT2D eigenvalue weighted by Crippen LogP contribution is 2.45. The van der Waals surface area contributed by atoms with Gasteiger partial charge < -0.3 is 5.11 Å². The van der Waals surface area contributed by atoms with Crippen LogP contribution in [0.3, 0.4) is 0 Å². The summed E-state index contributed by atoms with van der Waals surface area (Å²) in [6.07, 6.45) is 3.17. The Hall–Kier alpha value is -0.900. The van der Waals surface area contributed by atoms with E-state index in [1.54, 1.807) is 11.3 Å². The van der Waals surface area contributed by atoms with E-state index in [-0.39, 0.29) is 0 Å². The normalized spacial score (nSPS) is 15.6. The molecule has 1 aliphatic carbocycles. The molecule has 1 N–H and O–H groups in total. The number of rotatable bonds is 4. The second kappa shape index (κ2) is 5.14. The predicted molar refractivity (Wildman–Crippen MR) is 83.6 cm³/mol. The SMILES string of the molecule is CC(C)(O)c1sc(Cc2cccc(Cl)c2)nc1C1CC1. The van der Waals surface area contributed by atoms with Gasteiger partial charge in [0.1, 0.15) is 0 Å². The molecule has 0 spiro atoms. The highest BCUT2D eigenvalue weighted by atomic mass is 35.5. The molecule has 1 aromatic carbocycles. The van der Waals surface area contributed by atoms with E-state index in [0.29, 0.717) is 5.92 Å². The van der Waals surface area contributed by atoms with Crippen molar-refractivity contribution in [1.29, 1.82) is 0 Å². The lowest BCUT2D eigenvalue weighted by molar-refractivity contribution is 0.0813. The molecule has 2 nitrogen and oxygen atoms in total. The van der Waals surface area contributed by atoms with Crippen LogP contribution in [0.15, 0.2) is 24.3 Å². The van der Waals surface area contributed by atoms with Crippen LogP contribution in [0.1, 0.15) is 53.7 Å². The zero-order valence-corrected chi connectivity index (χ0v) is 13.3. The van der Waals surface area contributed by atoms with Crippen molar-refractivity contribution in [2.75, 3.05) is 0 Å². The standard InChI is InChI=1S/C16H18ClNOS/c1-16(2,19)15-14(11-6-7-11)18-13(20-15)9-10-4-3-5-12(17)8-10/h3-5,8,11,19H,6-7,9H2,1-2H3. The fourth-order valence-corrected chi connectivity index (χ4v) is 3.74. The molecule has 0 amide bonds. The van der Waals surface area contributed by atoms with Gasteiger partial charge >= 0.3 is 0 Å². The number of thiazole rings is 1. The van der Waals surface area contributed by atoms with Crippen LogP contribution in [-0.4, -0.2) is 10.1 Å². The first kappa shape index (κ1) is 14.1. The Balaban J connectivity index is 1.91. The van der Waals surface area contributed by atoms with Crippen molar-refractivity contribution in [3.63, 3.8) is 0 Å². The Labute approximate surface area is 128 Å². The molecule has 1 aliphatic rings. The zero-order chi connectivity index (χ0) is 14.3. The van der Waals surface area contributed by atoms with E-state index in [4.69, 9.17) is 16.6 Å². The van der Waals surface area contributed by atoms with Crippen LogP contribution in [0.5, 0.6) is 0 Å². The number of aliphatic hydroxyl groups is 1. The van der Waals surface area contributed by atoms with Gasteiger partial charge in [-0.2, -0.15) is 0 Å². The molecule has 2 aromatic rings. The van der Waals surface area contributed by atoms with Crippen LogP contribution in [0, 0.1) is 0 Å². The third-order valence-corrected chi connectivity index (χ3v) is 5.08. The summed E-state index contributed by atoms with van der Waals surface area (Å²) in [5.74, 6) is 0.556. The molecule has 0 bridgehead atoms. The van der Waals surface area contributed by atoms with Crippen molar-refractivity contribution in [3.8, 4) is 0 Å². The van der Waals surface area contributed by atoms with Crippen LogP contribution >= 0.6 is 22.9 Å². The van der Waals surface area contributed by atoms with Crippen molar-refractivity contribution < 1.29 is 5.11 Å². The molecule has 4 heteroatoms. The first-order chi connectivity index (χ1) is 9.43. The Kier molecular flexibility index (Phi) is 3.61. The molecule has 1 aromatic heterocycles. The minimum atomic E-state index is -0.803. The number of nitrogens with zero attached hydrogens (tertiary/aromatic N) is 1. The summed E-state index contributed by atoms with van der Waals surface area (Å²) < 4.78 is 0. The maximum absolute atomic E-state index is 10.3. The lowest BCUT2D eigenvalue weighted by atomic mass is 10.0. The summed E-state index contributed by atoms with van der Waals surface area (Å²) in [5, 5.41) is 12.1. The molecule has 1 fully saturated rings. The third kappa shape index (κ3) is 3.05. The molecule has 0 radical (unpaired) electrons. The van der Waals surface area contributed by atoms with Gasteiger partial charge in [0.05, 0.1) is 21.2 Å². The van der Waals surface area contributed by atoms with Crippen LogP contribution in [-0.2, 0) is 12.0 Å². The topological polar surface area (TPSA) is 33.1 Å². The lowest BCUT2D eigenvalue weighted by Gasteiger charge is -2.16. The van der Waals surface area contributed by atoms with E-state index < -0.39 is 5.60 Å². The first-order valence-electron chi connectivity index (χ1n) is 6.90.